The van der Waals surface area contributed by atoms with Crippen molar-refractivity contribution in [2.75, 3.05) is 6.61 Å². The van der Waals surface area contributed by atoms with Crippen molar-refractivity contribution in [3.05, 3.63) is 34.9 Å². The summed E-state index contributed by atoms with van der Waals surface area (Å²) in [6, 6.07) is 4.93. The van der Waals surface area contributed by atoms with Crippen molar-refractivity contribution < 1.29 is 29.6 Å². The molecule has 2 aliphatic rings. The molecule has 0 unspecified atom stereocenters. The van der Waals surface area contributed by atoms with E-state index in [1.807, 2.05) is 0 Å². The zero-order chi connectivity index (χ0) is 12.6. The van der Waals surface area contributed by atoms with Gasteiger partial charge >= 0.3 is 11.9 Å². The molecule has 6 nitrogen and oxygen atoms in total. The first-order valence-corrected chi connectivity index (χ1v) is 4.86. The number of carbonyl (C=O) groups is 2. The van der Waals surface area contributed by atoms with Crippen molar-refractivity contribution in [1.29, 1.82) is 0 Å². The van der Waals surface area contributed by atoms with Crippen LogP contribution in [0.5, 0.6) is 0 Å². The highest BCUT2D eigenvalue weighted by atomic mass is 17.2. The minimum atomic E-state index is -1.67. The molecule has 0 aromatic heterocycles. The second-order valence-corrected chi connectivity index (χ2v) is 3.70. The second-order valence-electron chi connectivity index (χ2n) is 3.70. The van der Waals surface area contributed by atoms with E-state index in [-0.39, 0.29) is 0 Å². The summed E-state index contributed by atoms with van der Waals surface area (Å²) in [6.45, 7) is 1.06. The fraction of sp³-hybridized carbons (Fsp3) is 0.273. The third-order valence-electron chi connectivity index (χ3n) is 2.76. The van der Waals surface area contributed by atoms with Crippen LogP contribution in [0, 0.1) is 6.92 Å². The maximum atomic E-state index is 11.3. The van der Waals surface area contributed by atoms with Crippen molar-refractivity contribution >= 4 is 11.9 Å². The highest BCUT2D eigenvalue weighted by Crippen LogP contribution is 2.47. The van der Waals surface area contributed by atoms with E-state index in [0.717, 1.165) is 5.56 Å². The second kappa shape index (κ2) is 3.83. The van der Waals surface area contributed by atoms with Crippen molar-refractivity contribution in [3.8, 4) is 0 Å². The van der Waals surface area contributed by atoms with E-state index in [2.05, 4.69) is 4.89 Å². The van der Waals surface area contributed by atoms with Gasteiger partial charge in [-0.15, -0.1) is 0 Å². The lowest BCUT2D eigenvalue weighted by atomic mass is 9.71. The lowest BCUT2D eigenvalue weighted by Crippen LogP contribution is -2.47. The van der Waals surface area contributed by atoms with E-state index in [0.29, 0.717) is 11.1 Å². The summed E-state index contributed by atoms with van der Waals surface area (Å²) in [5.41, 5.74) is 0.100. The van der Waals surface area contributed by atoms with Gasteiger partial charge in [0.25, 0.3) is 5.60 Å². The molecule has 90 valence electrons. The van der Waals surface area contributed by atoms with Gasteiger partial charge in [0.1, 0.15) is 0 Å². The average Bonchev–Trinajstić information content (AvgIpc) is 2.28. The first kappa shape index (κ1) is 11.6. The van der Waals surface area contributed by atoms with Crippen molar-refractivity contribution in [1.82, 2.24) is 0 Å². The molecule has 0 spiro atoms. The number of aliphatic carboxylic acids is 2. The number of benzene rings is 1. The Hall–Kier alpha value is -1.92. The summed E-state index contributed by atoms with van der Waals surface area (Å²) >= 11 is 0. The van der Waals surface area contributed by atoms with Gasteiger partial charge in [0, 0.05) is 11.1 Å². The molecule has 6 heteroatoms. The number of rotatable bonds is 5. The standard InChI is InChI=1S/C11H10O6/c1-6-7-3-2-4-8(6)11(7,10(14)15)17-16-5-9(12)13/h2-4H,5H2,1H3,(H,12,13)(H,14,15). The molecule has 2 aliphatic carbocycles. The SMILES string of the molecule is Cc1c2cccc1C2(OOCC(=O)O)C(=O)O. The van der Waals surface area contributed by atoms with Crippen molar-refractivity contribution in [2.45, 2.75) is 12.5 Å². The normalized spacial score (nSPS) is 15.1. The molecule has 3 rings (SSSR count). The molecule has 0 heterocycles. The van der Waals surface area contributed by atoms with Gasteiger partial charge in [-0.1, -0.05) is 18.2 Å². The number of fused-ring (bicyclic) bond motifs is 2. The highest BCUT2D eigenvalue weighted by Gasteiger charge is 2.54. The Morgan fingerprint density at radius 2 is 1.88 bits per heavy atom. The van der Waals surface area contributed by atoms with Crippen molar-refractivity contribution in [3.63, 3.8) is 0 Å². The Labute approximate surface area is 96.3 Å². The minimum Gasteiger partial charge on any atom is -0.479 e. The number of carboxylic acid groups (broad SMARTS) is 2. The molecule has 17 heavy (non-hydrogen) atoms. The summed E-state index contributed by atoms with van der Waals surface area (Å²) in [5, 5.41) is 17.6. The molecule has 0 aliphatic heterocycles. The minimum absolute atomic E-state index is 0.480. The Morgan fingerprint density at radius 3 is 2.29 bits per heavy atom. The van der Waals surface area contributed by atoms with E-state index in [1.165, 1.54) is 0 Å². The Balaban J connectivity index is 2.22. The van der Waals surface area contributed by atoms with Crippen molar-refractivity contribution in [2.24, 2.45) is 0 Å². The zero-order valence-electron chi connectivity index (χ0n) is 8.97. The molecule has 0 fully saturated rings. The van der Waals surface area contributed by atoms with Crippen LogP contribution in [0.2, 0.25) is 0 Å². The molecule has 0 saturated carbocycles. The van der Waals surface area contributed by atoms with Gasteiger partial charge in [-0.2, -0.15) is 0 Å². The first-order chi connectivity index (χ1) is 8.00. The third-order valence-corrected chi connectivity index (χ3v) is 2.76. The Bertz CT molecular complexity index is 470. The number of aryl methyl sites for hydroxylation is 1. The fourth-order valence-corrected chi connectivity index (χ4v) is 2.01. The van der Waals surface area contributed by atoms with E-state index < -0.39 is 24.1 Å². The van der Waals surface area contributed by atoms with Gasteiger partial charge in [0.2, 0.25) is 0 Å². The maximum Gasteiger partial charge on any atom is 0.348 e. The van der Waals surface area contributed by atoms with E-state index >= 15 is 0 Å². The molecule has 1 aromatic carbocycles. The van der Waals surface area contributed by atoms with Gasteiger partial charge in [-0.3, -0.25) is 0 Å². The molecule has 2 bridgehead atoms. The van der Waals surface area contributed by atoms with Crippen LogP contribution in [0.15, 0.2) is 18.2 Å². The van der Waals surface area contributed by atoms with E-state index in [9.17, 15) is 14.7 Å². The maximum absolute atomic E-state index is 11.3. The topological polar surface area (TPSA) is 93.1 Å². The largest absolute Gasteiger partial charge is 0.479 e. The summed E-state index contributed by atoms with van der Waals surface area (Å²) in [5.74, 6) is -2.45. The fourth-order valence-electron chi connectivity index (χ4n) is 2.01. The third kappa shape index (κ3) is 1.49. The predicted molar refractivity (Wildman–Crippen MR) is 54.3 cm³/mol. The van der Waals surface area contributed by atoms with Gasteiger partial charge in [-0.25, -0.2) is 19.4 Å². The van der Waals surface area contributed by atoms with E-state index in [4.69, 9.17) is 9.99 Å². The van der Waals surface area contributed by atoms with Gasteiger partial charge in [-0.05, 0) is 12.5 Å². The van der Waals surface area contributed by atoms with Crippen LogP contribution < -0.4 is 0 Å². The van der Waals surface area contributed by atoms with Crippen LogP contribution in [0.25, 0.3) is 0 Å². The van der Waals surface area contributed by atoms with Gasteiger partial charge < -0.3 is 10.2 Å². The highest BCUT2D eigenvalue weighted by molar-refractivity contribution is 5.89. The lowest BCUT2D eigenvalue weighted by molar-refractivity contribution is -0.348. The molecule has 0 saturated heterocycles. The quantitative estimate of drug-likeness (QED) is 0.578. The Morgan fingerprint density at radius 1 is 1.29 bits per heavy atom. The summed E-state index contributed by atoms with van der Waals surface area (Å²) in [6.07, 6.45) is 0. The number of hydrogen-bond donors (Lipinski definition) is 2. The number of carboxylic acids is 2. The van der Waals surface area contributed by atoms with Crippen LogP contribution in [-0.2, 0) is 25.0 Å². The zero-order valence-corrected chi connectivity index (χ0v) is 8.97. The molecule has 0 amide bonds. The van der Waals surface area contributed by atoms with Crippen LogP contribution in [0.3, 0.4) is 0 Å². The molecular formula is C11H10O6. The molecule has 0 radical (unpaired) electrons. The Kier molecular flexibility index (Phi) is 2.60. The summed E-state index contributed by atoms with van der Waals surface area (Å²) in [4.78, 5) is 30.8. The molecule has 2 N–H and O–H groups in total. The van der Waals surface area contributed by atoms with Crippen LogP contribution in [-0.4, -0.2) is 28.8 Å². The van der Waals surface area contributed by atoms with Crippen LogP contribution in [0.4, 0.5) is 0 Å². The van der Waals surface area contributed by atoms with E-state index in [1.54, 1.807) is 25.1 Å². The smallest absolute Gasteiger partial charge is 0.348 e. The van der Waals surface area contributed by atoms with Crippen LogP contribution in [0.1, 0.15) is 16.7 Å². The van der Waals surface area contributed by atoms with Gasteiger partial charge in [0.15, 0.2) is 6.61 Å². The summed E-state index contributed by atoms with van der Waals surface area (Å²) < 4.78 is 0. The molecular weight excluding hydrogens is 228 g/mol. The predicted octanol–water partition coefficient (Wildman–Crippen LogP) is 0.669. The molecule has 1 aromatic rings. The lowest BCUT2D eigenvalue weighted by Gasteiger charge is -2.39. The molecule has 0 atom stereocenters. The van der Waals surface area contributed by atoms with Crippen LogP contribution >= 0.6 is 0 Å². The summed E-state index contributed by atoms with van der Waals surface area (Å²) in [7, 11) is 0. The monoisotopic (exact) mass is 238 g/mol. The van der Waals surface area contributed by atoms with Gasteiger partial charge in [0.05, 0.1) is 0 Å². The number of hydrogen-bond acceptors (Lipinski definition) is 4. The first-order valence-electron chi connectivity index (χ1n) is 4.86. The average molecular weight is 238 g/mol.